The molecule has 2 aliphatic carbocycles. The number of benzene rings is 4. The second-order valence-electron chi connectivity index (χ2n) is 13.6. The number of rotatable bonds is 12. The van der Waals surface area contributed by atoms with Gasteiger partial charge < -0.3 is 30.4 Å². The van der Waals surface area contributed by atoms with E-state index in [9.17, 15) is 19.2 Å². The highest BCUT2D eigenvalue weighted by atomic mass is 16.5. The first-order valence-corrected chi connectivity index (χ1v) is 17.4. The molecular weight excluding hydrogens is 664 g/mol. The van der Waals surface area contributed by atoms with Gasteiger partial charge in [-0.1, -0.05) is 12.1 Å². The summed E-state index contributed by atoms with van der Waals surface area (Å²) in [4.78, 5) is 58.8. The summed E-state index contributed by atoms with van der Waals surface area (Å²) in [5.41, 5.74) is 13.5. The molecule has 0 spiro atoms. The van der Waals surface area contributed by atoms with E-state index in [1.54, 1.807) is 97.1 Å². The van der Waals surface area contributed by atoms with Crippen molar-refractivity contribution in [2.45, 2.75) is 12.8 Å². The van der Waals surface area contributed by atoms with E-state index in [0.29, 0.717) is 58.6 Å². The van der Waals surface area contributed by atoms with Crippen LogP contribution in [0.1, 0.15) is 12.8 Å². The van der Waals surface area contributed by atoms with Gasteiger partial charge in [0, 0.05) is 47.2 Å². The maximum atomic E-state index is 14.1. The van der Waals surface area contributed by atoms with Gasteiger partial charge in [0.05, 0.1) is 11.4 Å². The van der Waals surface area contributed by atoms with Crippen molar-refractivity contribution >= 4 is 46.4 Å². The van der Waals surface area contributed by atoms with E-state index in [1.807, 2.05) is 0 Å². The van der Waals surface area contributed by atoms with Gasteiger partial charge >= 0.3 is 0 Å². The first kappa shape index (κ1) is 33.1. The highest BCUT2D eigenvalue weighted by molar-refractivity contribution is 6.22. The Morgan fingerprint density at radius 2 is 0.788 bits per heavy atom. The molecule has 0 aromatic heterocycles. The van der Waals surface area contributed by atoms with Crippen LogP contribution in [0.25, 0.3) is 0 Å². The average Bonchev–Trinajstić information content (AvgIpc) is 3.69. The van der Waals surface area contributed by atoms with Gasteiger partial charge in [-0.3, -0.25) is 19.2 Å². The van der Waals surface area contributed by atoms with E-state index in [2.05, 4.69) is 0 Å². The molecule has 4 bridgehead atoms. The zero-order valence-electron chi connectivity index (χ0n) is 28.3. The van der Waals surface area contributed by atoms with Crippen molar-refractivity contribution in [3.63, 3.8) is 0 Å². The van der Waals surface area contributed by atoms with Crippen LogP contribution in [0.5, 0.6) is 23.0 Å². The molecule has 4 unspecified atom stereocenters. The quantitative estimate of drug-likeness (QED) is 0.0914. The Morgan fingerprint density at radius 3 is 1.13 bits per heavy atom. The molecule has 2 saturated carbocycles. The number of carbonyl (C=O) groups excluding carboxylic acids is 4. The summed E-state index contributed by atoms with van der Waals surface area (Å²) < 4.78 is 23.2. The minimum atomic E-state index is -0.548. The predicted octanol–water partition coefficient (Wildman–Crippen LogP) is 4.72. The van der Waals surface area contributed by atoms with Crippen molar-refractivity contribution in [2.24, 2.45) is 35.5 Å². The molecule has 4 N–H and O–H groups in total. The van der Waals surface area contributed by atoms with Crippen LogP contribution in [0, 0.1) is 35.5 Å². The fourth-order valence-corrected chi connectivity index (χ4v) is 8.45. The van der Waals surface area contributed by atoms with Gasteiger partial charge in [0.25, 0.3) is 0 Å². The van der Waals surface area contributed by atoms with Gasteiger partial charge in [-0.25, -0.2) is 9.80 Å². The van der Waals surface area contributed by atoms with Gasteiger partial charge in [-0.15, -0.1) is 0 Å². The standard InChI is InChI=1S/C40H38N4O8/c41-23-7-11-27(12-8-23)49-15-17-51-29-5-1-3-25(19-29)43-37(45)31-21-32(38(43)46)36-34-22-33(35(31)36)39(47)44(40(34)48)26-4-2-6-30(20-26)52-18-16-50-28-13-9-24(42)10-14-28/h1-14,19-20,31-36H,15-18,21-22,41-42H2. The third-order valence-corrected chi connectivity index (χ3v) is 10.6. The molecule has 8 rings (SSSR count). The second kappa shape index (κ2) is 13.6. The first-order chi connectivity index (χ1) is 25.3. The lowest BCUT2D eigenvalue weighted by atomic mass is 9.82. The number of anilines is 4. The molecule has 52 heavy (non-hydrogen) atoms. The summed E-state index contributed by atoms with van der Waals surface area (Å²) in [6.45, 7) is 1.04. The molecule has 4 amide bonds. The normalized spacial score (nSPS) is 24.5. The van der Waals surface area contributed by atoms with Crippen molar-refractivity contribution in [2.75, 3.05) is 47.7 Å². The topological polar surface area (TPSA) is 164 Å². The van der Waals surface area contributed by atoms with Crippen LogP contribution in [0.3, 0.4) is 0 Å². The smallest absolute Gasteiger partial charge is 0.237 e. The minimum Gasteiger partial charge on any atom is -0.490 e. The van der Waals surface area contributed by atoms with Gasteiger partial charge in [-0.05, 0) is 97.5 Å². The van der Waals surface area contributed by atoms with Gasteiger partial charge in [0.1, 0.15) is 49.4 Å². The fraction of sp³-hybridized carbons (Fsp3) is 0.300. The van der Waals surface area contributed by atoms with Crippen molar-refractivity contribution in [1.82, 2.24) is 0 Å². The van der Waals surface area contributed by atoms with Gasteiger partial charge in [-0.2, -0.15) is 0 Å². The number of fused-ring (bicyclic) bond motifs is 9. The molecule has 4 atom stereocenters. The third-order valence-electron chi connectivity index (χ3n) is 10.6. The Kier molecular flexibility index (Phi) is 8.66. The van der Waals surface area contributed by atoms with Crippen LogP contribution >= 0.6 is 0 Å². The number of hydrogen-bond acceptors (Lipinski definition) is 10. The number of nitrogens with zero attached hydrogens (tertiary/aromatic N) is 2. The maximum absolute atomic E-state index is 14.1. The SMILES string of the molecule is Nc1ccc(OCCOc2cccc(N3C(=O)C4CC(C3=O)C3C5CC(C(=O)N(c6cccc(OCCOc7ccc(N)cc7)c6)C5=O)C43)c2)cc1. The second-order valence-corrected chi connectivity index (χ2v) is 13.6. The Labute approximate surface area is 300 Å². The molecule has 4 aromatic carbocycles. The van der Waals surface area contributed by atoms with Crippen LogP contribution in [-0.4, -0.2) is 50.1 Å². The summed E-state index contributed by atoms with van der Waals surface area (Å²) in [6.07, 6.45) is 0.689. The number of piperidine rings is 2. The van der Waals surface area contributed by atoms with Gasteiger partial charge in [0.2, 0.25) is 23.6 Å². The number of amides is 4. The zero-order chi connectivity index (χ0) is 35.9. The number of imide groups is 2. The van der Waals surface area contributed by atoms with Crippen LogP contribution in [-0.2, 0) is 19.2 Å². The average molecular weight is 703 g/mol. The van der Waals surface area contributed by atoms with E-state index >= 15 is 0 Å². The maximum Gasteiger partial charge on any atom is 0.237 e. The molecule has 0 radical (unpaired) electrons. The molecule has 4 fully saturated rings. The van der Waals surface area contributed by atoms with Crippen LogP contribution in [0.15, 0.2) is 97.1 Å². The minimum absolute atomic E-state index is 0.239. The van der Waals surface area contributed by atoms with Crippen molar-refractivity contribution < 1.29 is 38.1 Å². The summed E-state index contributed by atoms with van der Waals surface area (Å²) in [5.74, 6) is -2.05. The van der Waals surface area contributed by atoms with Crippen LogP contribution in [0.4, 0.5) is 22.7 Å². The summed E-state index contributed by atoms with van der Waals surface area (Å²) >= 11 is 0. The number of hydrogen-bond donors (Lipinski definition) is 2. The number of ether oxygens (including phenoxy) is 4. The van der Waals surface area contributed by atoms with Crippen molar-refractivity contribution in [3.8, 4) is 23.0 Å². The molecule has 2 saturated heterocycles. The number of carbonyl (C=O) groups is 4. The summed E-state index contributed by atoms with van der Waals surface area (Å²) in [5, 5.41) is 0. The Bertz CT molecular complexity index is 1830. The lowest BCUT2D eigenvalue weighted by molar-refractivity contribution is -0.136. The molecule has 266 valence electrons. The summed E-state index contributed by atoms with van der Waals surface area (Å²) in [7, 11) is 0. The molecule has 4 aliphatic rings. The molecule has 2 aliphatic heterocycles. The van der Waals surface area contributed by atoms with E-state index in [0.717, 1.165) is 0 Å². The molecule has 12 nitrogen and oxygen atoms in total. The van der Waals surface area contributed by atoms with Crippen LogP contribution in [0.2, 0.25) is 0 Å². The summed E-state index contributed by atoms with van der Waals surface area (Å²) in [6, 6.07) is 27.8. The lowest BCUT2D eigenvalue weighted by Gasteiger charge is -2.36. The molecule has 4 aromatic rings. The molecular formula is C40H38N4O8. The predicted molar refractivity (Wildman–Crippen MR) is 192 cm³/mol. The number of nitrogen functional groups attached to an aromatic ring is 2. The van der Waals surface area contributed by atoms with Gasteiger partial charge in [0.15, 0.2) is 0 Å². The lowest BCUT2D eigenvalue weighted by Crippen LogP contribution is -2.52. The van der Waals surface area contributed by atoms with Crippen molar-refractivity contribution in [1.29, 1.82) is 0 Å². The third kappa shape index (κ3) is 6.03. The van der Waals surface area contributed by atoms with E-state index in [4.69, 9.17) is 30.4 Å². The first-order valence-electron chi connectivity index (χ1n) is 17.4. The Balaban J connectivity index is 0.933. The highest BCUT2D eigenvalue weighted by Crippen LogP contribution is 2.62. The van der Waals surface area contributed by atoms with Crippen LogP contribution < -0.4 is 40.2 Å². The van der Waals surface area contributed by atoms with E-state index in [1.165, 1.54) is 9.80 Å². The molecule has 12 heteroatoms. The zero-order valence-corrected chi connectivity index (χ0v) is 28.3. The Hall–Kier alpha value is -6.04. The highest BCUT2D eigenvalue weighted by Gasteiger charge is 2.68. The fourth-order valence-electron chi connectivity index (χ4n) is 8.45. The van der Waals surface area contributed by atoms with Crippen molar-refractivity contribution in [3.05, 3.63) is 97.1 Å². The van der Waals surface area contributed by atoms with E-state index in [-0.39, 0.29) is 50.1 Å². The monoisotopic (exact) mass is 702 g/mol. The van der Waals surface area contributed by atoms with E-state index < -0.39 is 35.5 Å². The Morgan fingerprint density at radius 1 is 0.462 bits per heavy atom. The molecule has 2 heterocycles. The largest absolute Gasteiger partial charge is 0.490 e. The number of nitrogens with two attached hydrogens (primary N) is 2.